The first-order chi connectivity index (χ1) is 8.81. The minimum Gasteiger partial charge on any atom is -0.480 e. The van der Waals surface area contributed by atoms with E-state index < -0.39 is 34.5 Å². The van der Waals surface area contributed by atoms with Crippen LogP contribution in [0.3, 0.4) is 0 Å². The van der Waals surface area contributed by atoms with E-state index in [1.807, 2.05) is 0 Å². The molecule has 1 unspecified atom stereocenters. The maximum Gasteiger partial charge on any atom is 0.325 e. The number of hydrogen-bond donors (Lipinski definition) is 3. The summed E-state index contributed by atoms with van der Waals surface area (Å²) in [5, 5.41) is 23.2. The Kier molecular flexibility index (Phi) is 4.35. The van der Waals surface area contributed by atoms with Crippen LogP contribution in [0.15, 0.2) is 18.2 Å². The van der Waals surface area contributed by atoms with Crippen molar-refractivity contribution in [1.29, 1.82) is 0 Å². The van der Waals surface area contributed by atoms with E-state index in [-0.39, 0.29) is 5.69 Å². The highest BCUT2D eigenvalue weighted by atomic mass is 19.1. The van der Waals surface area contributed by atoms with Crippen LogP contribution in [0.1, 0.15) is 6.92 Å². The van der Waals surface area contributed by atoms with Crippen LogP contribution in [0, 0.1) is 15.9 Å². The number of urea groups is 1. The van der Waals surface area contributed by atoms with Crippen LogP contribution >= 0.6 is 0 Å². The first kappa shape index (κ1) is 14.4. The molecule has 1 rings (SSSR count). The zero-order valence-corrected chi connectivity index (χ0v) is 9.71. The Morgan fingerprint density at radius 1 is 1.47 bits per heavy atom. The van der Waals surface area contributed by atoms with Gasteiger partial charge in [0.15, 0.2) is 0 Å². The zero-order valence-electron chi connectivity index (χ0n) is 9.71. The fourth-order valence-corrected chi connectivity index (χ4v) is 1.16. The van der Waals surface area contributed by atoms with Crippen molar-refractivity contribution >= 4 is 23.4 Å². The molecular weight excluding hydrogens is 261 g/mol. The molecule has 0 saturated carbocycles. The molecule has 0 aliphatic carbocycles. The van der Waals surface area contributed by atoms with Crippen molar-refractivity contribution in [2.24, 2.45) is 0 Å². The maximum absolute atomic E-state index is 13.2. The van der Waals surface area contributed by atoms with Gasteiger partial charge >= 0.3 is 17.7 Å². The summed E-state index contributed by atoms with van der Waals surface area (Å²) in [6.45, 7) is 1.25. The number of nitrogens with zero attached hydrogens (tertiary/aromatic N) is 1. The van der Waals surface area contributed by atoms with Crippen molar-refractivity contribution in [3.8, 4) is 0 Å². The number of carbonyl (C=O) groups excluding carboxylic acids is 1. The Bertz CT molecular complexity index is 534. The lowest BCUT2D eigenvalue weighted by Crippen LogP contribution is -2.40. The molecule has 1 aromatic rings. The second-order valence-electron chi connectivity index (χ2n) is 3.58. The monoisotopic (exact) mass is 271 g/mol. The normalized spacial score (nSPS) is 11.5. The number of amides is 2. The SMILES string of the molecule is CC(NC(=O)Nc1ccc([N+](=O)[O-])c(F)c1)C(=O)O. The summed E-state index contributed by atoms with van der Waals surface area (Å²) in [7, 11) is 0. The predicted octanol–water partition coefficient (Wildman–Crippen LogP) is 1.33. The van der Waals surface area contributed by atoms with Crippen molar-refractivity contribution in [3.63, 3.8) is 0 Å². The lowest BCUT2D eigenvalue weighted by molar-refractivity contribution is -0.387. The molecule has 0 saturated heterocycles. The lowest BCUT2D eigenvalue weighted by Gasteiger charge is -2.10. The van der Waals surface area contributed by atoms with Gasteiger partial charge in [0.1, 0.15) is 6.04 Å². The number of carbonyl (C=O) groups is 2. The van der Waals surface area contributed by atoms with Crippen LogP contribution in [0.2, 0.25) is 0 Å². The number of carboxylic acid groups (broad SMARTS) is 1. The second-order valence-corrected chi connectivity index (χ2v) is 3.58. The largest absolute Gasteiger partial charge is 0.480 e. The molecule has 19 heavy (non-hydrogen) atoms. The Balaban J connectivity index is 2.73. The van der Waals surface area contributed by atoms with Crippen LogP contribution in [0.4, 0.5) is 20.6 Å². The minimum absolute atomic E-state index is 0.0295. The van der Waals surface area contributed by atoms with Gasteiger partial charge in [-0.1, -0.05) is 0 Å². The maximum atomic E-state index is 13.2. The molecule has 8 nitrogen and oxygen atoms in total. The summed E-state index contributed by atoms with van der Waals surface area (Å²) < 4.78 is 13.2. The van der Waals surface area contributed by atoms with Gasteiger partial charge in [-0.25, -0.2) is 4.79 Å². The van der Waals surface area contributed by atoms with E-state index in [1.54, 1.807) is 0 Å². The number of nitro groups is 1. The number of hydrogen-bond acceptors (Lipinski definition) is 4. The fourth-order valence-electron chi connectivity index (χ4n) is 1.16. The summed E-state index contributed by atoms with van der Waals surface area (Å²) in [5.74, 6) is -2.33. The lowest BCUT2D eigenvalue weighted by atomic mass is 10.2. The van der Waals surface area contributed by atoms with E-state index in [2.05, 4.69) is 10.6 Å². The smallest absolute Gasteiger partial charge is 0.325 e. The number of rotatable bonds is 4. The molecule has 0 aliphatic rings. The van der Waals surface area contributed by atoms with E-state index in [9.17, 15) is 24.1 Å². The number of anilines is 1. The third-order valence-corrected chi connectivity index (χ3v) is 2.12. The van der Waals surface area contributed by atoms with Gasteiger partial charge in [-0.05, 0) is 13.0 Å². The molecule has 102 valence electrons. The molecular formula is C10H10FN3O5. The molecule has 0 spiro atoms. The van der Waals surface area contributed by atoms with Gasteiger partial charge in [0.2, 0.25) is 5.82 Å². The second kappa shape index (κ2) is 5.76. The van der Waals surface area contributed by atoms with Crippen LogP contribution in [-0.2, 0) is 4.79 Å². The highest BCUT2D eigenvalue weighted by Gasteiger charge is 2.16. The Hall–Kier alpha value is -2.71. The van der Waals surface area contributed by atoms with Crippen molar-refractivity contribution in [2.75, 3.05) is 5.32 Å². The third-order valence-electron chi connectivity index (χ3n) is 2.12. The molecule has 1 aromatic carbocycles. The number of aliphatic carboxylic acids is 1. The fraction of sp³-hybridized carbons (Fsp3) is 0.200. The average molecular weight is 271 g/mol. The van der Waals surface area contributed by atoms with Crippen LogP contribution in [-0.4, -0.2) is 28.1 Å². The highest BCUT2D eigenvalue weighted by Crippen LogP contribution is 2.20. The van der Waals surface area contributed by atoms with Crippen LogP contribution < -0.4 is 10.6 Å². The molecule has 9 heteroatoms. The number of halogens is 1. The molecule has 2 amide bonds. The summed E-state index contributed by atoms with van der Waals surface area (Å²) in [6, 6.07) is 0.812. The first-order valence-corrected chi connectivity index (χ1v) is 5.05. The molecule has 3 N–H and O–H groups in total. The molecule has 0 aliphatic heterocycles. The molecule has 1 atom stereocenters. The number of nitro benzene ring substituents is 1. The van der Waals surface area contributed by atoms with E-state index in [0.717, 1.165) is 18.2 Å². The van der Waals surface area contributed by atoms with E-state index in [1.165, 1.54) is 6.92 Å². The van der Waals surface area contributed by atoms with Gasteiger partial charge in [-0.15, -0.1) is 0 Å². The Morgan fingerprint density at radius 2 is 2.11 bits per heavy atom. The number of carboxylic acids is 1. The highest BCUT2D eigenvalue weighted by molar-refractivity contribution is 5.92. The number of nitrogens with one attached hydrogen (secondary N) is 2. The van der Waals surface area contributed by atoms with E-state index in [4.69, 9.17) is 5.11 Å². The number of benzene rings is 1. The van der Waals surface area contributed by atoms with E-state index >= 15 is 0 Å². The van der Waals surface area contributed by atoms with Crippen LogP contribution in [0.25, 0.3) is 0 Å². The molecule has 0 radical (unpaired) electrons. The minimum atomic E-state index is -1.23. The quantitative estimate of drug-likeness (QED) is 0.563. The topological polar surface area (TPSA) is 122 Å². The Labute approximate surface area is 106 Å². The van der Waals surface area contributed by atoms with Crippen molar-refractivity contribution in [3.05, 3.63) is 34.1 Å². The predicted molar refractivity (Wildman–Crippen MR) is 62.3 cm³/mol. The Morgan fingerprint density at radius 3 is 2.58 bits per heavy atom. The summed E-state index contributed by atoms with van der Waals surface area (Å²) in [6.07, 6.45) is 0. The van der Waals surface area contributed by atoms with Gasteiger partial charge < -0.3 is 15.7 Å². The average Bonchev–Trinajstić information content (AvgIpc) is 2.27. The molecule has 0 aromatic heterocycles. The third kappa shape index (κ3) is 3.91. The first-order valence-electron chi connectivity index (χ1n) is 5.05. The van der Waals surface area contributed by atoms with Gasteiger partial charge in [0.05, 0.1) is 4.92 Å². The van der Waals surface area contributed by atoms with E-state index in [0.29, 0.717) is 0 Å². The molecule has 0 bridgehead atoms. The van der Waals surface area contributed by atoms with Gasteiger partial charge in [-0.2, -0.15) is 4.39 Å². The van der Waals surface area contributed by atoms with Gasteiger partial charge in [0, 0.05) is 17.8 Å². The van der Waals surface area contributed by atoms with Crippen molar-refractivity contribution < 1.29 is 24.0 Å². The zero-order chi connectivity index (χ0) is 14.6. The standard InChI is InChI=1S/C10H10FN3O5/c1-5(9(15)16)12-10(17)13-6-2-3-8(14(18)19)7(11)4-6/h2-5H,1H3,(H,15,16)(H2,12,13,17). The summed E-state index contributed by atoms with van der Waals surface area (Å²) >= 11 is 0. The summed E-state index contributed by atoms with van der Waals surface area (Å²) in [4.78, 5) is 31.3. The molecule has 0 heterocycles. The van der Waals surface area contributed by atoms with Gasteiger partial charge in [0.25, 0.3) is 0 Å². The van der Waals surface area contributed by atoms with Crippen molar-refractivity contribution in [2.45, 2.75) is 13.0 Å². The molecule has 0 fully saturated rings. The van der Waals surface area contributed by atoms with Gasteiger partial charge in [-0.3, -0.25) is 14.9 Å². The van der Waals surface area contributed by atoms with Crippen molar-refractivity contribution in [1.82, 2.24) is 5.32 Å². The van der Waals surface area contributed by atoms with Crippen LogP contribution in [0.5, 0.6) is 0 Å². The summed E-state index contributed by atoms with van der Waals surface area (Å²) in [5.41, 5.74) is -0.747.